The van der Waals surface area contributed by atoms with Gasteiger partial charge in [0, 0.05) is 11.8 Å². The lowest BCUT2D eigenvalue weighted by Gasteiger charge is -2.19. The molecular formula is C16H18N4O6S2. The Morgan fingerprint density at radius 2 is 2.00 bits per heavy atom. The normalized spacial score (nSPS) is 15.4. The average molecular weight is 426 g/mol. The molecule has 1 aliphatic heterocycles. The smallest absolute Gasteiger partial charge is 0.335 e. The number of urea groups is 1. The lowest BCUT2D eigenvalue weighted by molar-refractivity contribution is 0.256. The third kappa shape index (κ3) is 4.07. The molecule has 2 aromatic rings. The van der Waals surface area contributed by atoms with Crippen LogP contribution < -0.4 is 14.8 Å². The number of sulfonamides is 1. The van der Waals surface area contributed by atoms with Crippen molar-refractivity contribution in [2.24, 2.45) is 0 Å². The van der Waals surface area contributed by atoms with E-state index in [-0.39, 0.29) is 22.5 Å². The van der Waals surface area contributed by atoms with Crippen molar-refractivity contribution in [3.8, 4) is 5.88 Å². The maximum Gasteiger partial charge on any atom is 0.335 e. The molecule has 0 aliphatic carbocycles. The fraction of sp³-hybridized carbons (Fsp3) is 0.312. The number of hydrogen-bond acceptors (Lipinski definition) is 8. The number of nitrogens with one attached hydrogen (secondary N) is 2. The van der Waals surface area contributed by atoms with Crippen LogP contribution in [-0.2, 0) is 26.3 Å². The van der Waals surface area contributed by atoms with Crippen LogP contribution in [0.1, 0.15) is 17.7 Å². The molecule has 2 heterocycles. The Morgan fingerprint density at radius 1 is 1.25 bits per heavy atom. The van der Waals surface area contributed by atoms with Crippen LogP contribution >= 0.6 is 0 Å². The summed E-state index contributed by atoms with van der Waals surface area (Å²) in [6.45, 7) is 1.64. The van der Waals surface area contributed by atoms with Gasteiger partial charge in [0.25, 0.3) is 10.0 Å². The predicted octanol–water partition coefficient (Wildman–Crippen LogP) is 1.02. The van der Waals surface area contributed by atoms with E-state index in [0.717, 1.165) is 6.07 Å². The standard InChI is InChI=1S/C16H18N4O6S2/c1-10-9-13(26-2)18-15(17-10)19-16(21)20-28(24,25)12-7-3-5-11-6-4-8-27(22,23)14(11)12/h3,5,7,9H,4,6,8H2,1-2H3,(H2,17,18,19,20,21). The summed E-state index contributed by atoms with van der Waals surface area (Å²) < 4.78 is 56.9. The van der Waals surface area contributed by atoms with Crippen LogP contribution in [0.25, 0.3) is 0 Å². The molecule has 12 heteroatoms. The number of hydrogen-bond donors (Lipinski definition) is 2. The first-order valence-corrected chi connectivity index (χ1v) is 11.3. The lowest BCUT2D eigenvalue weighted by atomic mass is 10.1. The van der Waals surface area contributed by atoms with Gasteiger partial charge in [0.15, 0.2) is 9.84 Å². The van der Waals surface area contributed by atoms with Crippen molar-refractivity contribution in [1.29, 1.82) is 0 Å². The van der Waals surface area contributed by atoms with Crippen LogP contribution in [-0.4, -0.2) is 45.7 Å². The van der Waals surface area contributed by atoms with E-state index in [1.165, 1.54) is 19.2 Å². The zero-order chi connectivity index (χ0) is 20.5. The van der Waals surface area contributed by atoms with E-state index in [4.69, 9.17) is 4.74 Å². The first-order chi connectivity index (χ1) is 13.1. The largest absolute Gasteiger partial charge is 0.481 e. The quantitative estimate of drug-likeness (QED) is 0.737. The van der Waals surface area contributed by atoms with Crippen LogP contribution in [0.2, 0.25) is 0 Å². The molecule has 2 N–H and O–H groups in total. The van der Waals surface area contributed by atoms with Gasteiger partial charge in [-0.1, -0.05) is 12.1 Å². The molecule has 1 aromatic carbocycles. The molecule has 0 atom stereocenters. The molecule has 28 heavy (non-hydrogen) atoms. The van der Waals surface area contributed by atoms with E-state index in [1.54, 1.807) is 17.7 Å². The van der Waals surface area contributed by atoms with Gasteiger partial charge in [0.05, 0.1) is 17.8 Å². The van der Waals surface area contributed by atoms with Crippen LogP contribution in [0.15, 0.2) is 34.1 Å². The molecule has 0 radical (unpaired) electrons. The number of amides is 2. The second kappa shape index (κ2) is 7.36. The minimum atomic E-state index is -4.45. The fourth-order valence-corrected chi connectivity index (χ4v) is 6.30. The average Bonchev–Trinajstić information content (AvgIpc) is 2.59. The Kier molecular flexibility index (Phi) is 5.26. The van der Waals surface area contributed by atoms with Crippen molar-refractivity contribution in [2.45, 2.75) is 29.6 Å². The minimum Gasteiger partial charge on any atom is -0.481 e. The van der Waals surface area contributed by atoms with E-state index in [0.29, 0.717) is 24.1 Å². The predicted molar refractivity (Wildman–Crippen MR) is 99.5 cm³/mol. The van der Waals surface area contributed by atoms with Crippen molar-refractivity contribution < 1.29 is 26.4 Å². The van der Waals surface area contributed by atoms with E-state index < -0.39 is 30.8 Å². The fourth-order valence-electron chi connectivity index (χ4n) is 2.88. The maximum absolute atomic E-state index is 12.7. The molecule has 0 saturated carbocycles. The summed E-state index contributed by atoms with van der Waals surface area (Å²) in [5.74, 6) is -0.114. The number of anilines is 1. The second-order valence-electron chi connectivity index (χ2n) is 6.10. The third-order valence-electron chi connectivity index (χ3n) is 4.01. The molecule has 2 amide bonds. The van der Waals surface area contributed by atoms with E-state index in [9.17, 15) is 21.6 Å². The molecule has 1 aromatic heterocycles. The number of nitrogens with zero attached hydrogens (tertiary/aromatic N) is 2. The van der Waals surface area contributed by atoms with Crippen molar-refractivity contribution in [2.75, 3.05) is 18.2 Å². The number of benzene rings is 1. The van der Waals surface area contributed by atoms with Crippen LogP contribution in [0.3, 0.4) is 0 Å². The Bertz CT molecular complexity index is 1150. The third-order valence-corrected chi connectivity index (χ3v) is 7.45. The van der Waals surface area contributed by atoms with Gasteiger partial charge in [-0.2, -0.15) is 4.98 Å². The highest BCUT2D eigenvalue weighted by molar-refractivity contribution is 7.94. The van der Waals surface area contributed by atoms with Gasteiger partial charge >= 0.3 is 6.03 Å². The van der Waals surface area contributed by atoms with E-state index in [2.05, 4.69) is 15.3 Å². The second-order valence-corrected chi connectivity index (χ2v) is 9.80. The number of sulfone groups is 1. The molecule has 150 valence electrons. The molecule has 0 unspecified atom stereocenters. The van der Waals surface area contributed by atoms with Crippen LogP contribution in [0.5, 0.6) is 5.88 Å². The Morgan fingerprint density at radius 3 is 2.71 bits per heavy atom. The summed E-state index contributed by atoms with van der Waals surface area (Å²) in [7, 11) is -6.82. The Balaban J connectivity index is 1.89. The number of carbonyl (C=O) groups excluding carboxylic acids is 1. The number of rotatable bonds is 4. The van der Waals surface area contributed by atoms with Crippen LogP contribution in [0, 0.1) is 6.92 Å². The number of carbonyl (C=O) groups is 1. The monoisotopic (exact) mass is 426 g/mol. The minimum absolute atomic E-state index is 0.143. The van der Waals surface area contributed by atoms with Gasteiger partial charge in [-0.15, -0.1) is 0 Å². The zero-order valence-corrected chi connectivity index (χ0v) is 16.7. The molecule has 0 spiro atoms. The number of methoxy groups -OCH3 is 1. The Labute approximate surface area is 162 Å². The topological polar surface area (TPSA) is 144 Å². The number of aryl methyl sites for hydroxylation is 2. The number of ether oxygens (including phenoxy) is 1. The number of fused-ring (bicyclic) bond motifs is 1. The lowest BCUT2D eigenvalue weighted by Crippen LogP contribution is -2.36. The molecule has 0 fully saturated rings. The molecule has 3 rings (SSSR count). The summed E-state index contributed by atoms with van der Waals surface area (Å²) in [6, 6.07) is 4.57. The number of aromatic nitrogens is 2. The summed E-state index contributed by atoms with van der Waals surface area (Å²) in [5.41, 5.74) is 0.912. The van der Waals surface area contributed by atoms with Crippen molar-refractivity contribution in [3.63, 3.8) is 0 Å². The zero-order valence-electron chi connectivity index (χ0n) is 15.1. The van der Waals surface area contributed by atoms with Gasteiger partial charge in [-0.25, -0.2) is 31.3 Å². The van der Waals surface area contributed by atoms with Crippen molar-refractivity contribution in [1.82, 2.24) is 14.7 Å². The molecule has 1 aliphatic rings. The van der Waals surface area contributed by atoms with E-state index in [1.807, 2.05) is 0 Å². The van der Waals surface area contributed by atoms with Gasteiger partial charge in [-0.05, 0) is 31.4 Å². The summed E-state index contributed by atoms with van der Waals surface area (Å²) in [6.07, 6.45) is 0.861. The molecule has 10 nitrogen and oxygen atoms in total. The van der Waals surface area contributed by atoms with Gasteiger partial charge in [-0.3, -0.25) is 5.32 Å². The van der Waals surface area contributed by atoms with Gasteiger partial charge in [0.2, 0.25) is 11.8 Å². The van der Waals surface area contributed by atoms with Gasteiger partial charge in [0.1, 0.15) is 4.90 Å². The maximum atomic E-state index is 12.7. The van der Waals surface area contributed by atoms with Gasteiger partial charge < -0.3 is 4.74 Å². The Hall–Kier alpha value is -2.73. The first kappa shape index (κ1) is 20.0. The van der Waals surface area contributed by atoms with Crippen molar-refractivity contribution >= 4 is 31.8 Å². The highest BCUT2D eigenvalue weighted by atomic mass is 32.2. The SMILES string of the molecule is COc1cc(C)nc(NC(=O)NS(=O)(=O)c2cccc3c2S(=O)(=O)CCC3)n1. The molecule has 0 saturated heterocycles. The summed E-state index contributed by atoms with van der Waals surface area (Å²) in [4.78, 5) is 19.3. The van der Waals surface area contributed by atoms with E-state index >= 15 is 0 Å². The van der Waals surface area contributed by atoms with Crippen LogP contribution in [0.4, 0.5) is 10.7 Å². The highest BCUT2D eigenvalue weighted by Gasteiger charge is 2.32. The summed E-state index contributed by atoms with van der Waals surface area (Å²) in [5, 5.41) is 2.20. The molecular weight excluding hydrogens is 408 g/mol. The first-order valence-electron chi connectivity index (χ1n) is 8.20. The molecule has 0 bridgehead atoms. The van der Waals surface area contributed by atoms with Crippen molar-refractivity contribution in [3.05, 3.63) is 35.5 Å². The summed E-state index contributed by atoms with van der Waals surface area (Å²) >= 11 is 0. The highest BCUT2D eigenvalue weighted by Crippen LogP contribution is 2.31.